The Kier molecular flexibility index (Phi) is 4.17. The van der Waals surface area contributed by atoms with Crippen LogP contribution in [0.1, 0.15) is 23.2 Å². The van der Waals surface area contributed by atoms with E-state index in [0.29, 0.717) is 0 Å². The molecule has 0 saturated heterocycles. The summed E-state index contributed by atoms with van der Waals surface area (Å²) in [5.74, 6) is -1.24. The van der Waals surface area contributed by atoms with Gasteiger partial charge in [-0.3, -0.25) is 9.59 Å². The van der Waals surface area contributed by atoms with Gasteiger partial charge in [-0.05, 0) is 0 Å². The number of carbonyl (C=O) groups is 1. The van der Waals surface area contributed by atoms with Gasteiger partial charge in [-0.1, -0.05) is 15.9 Å². The average Bonchev–Trinajstić information content (AvgIpc) is 2.19. The van der Waals surface area contributed by atoms with Gasteiger partial charge in [0, 0.05) is 22.8 Å². The van der Waals surface area contributed by atoms with E-state index in [9.17, 15) is 18.4 Å². The zero-order valence-corrected chi connectivity index (χ0v) is 9.55. The Balaban J connectivity index is 3.32. The summed E-state index contributed by atoms with van der Waals surface area (Å²) in [6.07, 6.45) is -2.35. The van der Waals surface area contributed by atoms with Gasteiger partial charge in [-0.15, -0.1) is 0 Å². The average molecular weight is 296 g/mol. The summed E-state index contributed by atoms with van der Waals surface area (Å²) in [6, 6.07) is 0. The zero-order chi connectivity index (χ0) is 12.3. The van der Waals surface area contributed by atoms with Crippen LogP contribution in [-0.4, -0.2) is 16.1 Å². The molecule has 7 heteroatoms. The Morgan fingerprint density at radius 2 is 2.19 bits per heavy atom. The fourth-order valence-corrected chi connectivity index (χ4v) is 1.73. The smallest absolute Gasteiger partial charge is 0.308 e. The normalized spacial score (nSPS) is 10.8. The standard InChI is InChI=1S/C9H8BrF2NO3/c10-2-5-7(9(11)12)8(16)4(3-13-5)1-6(14)15/h3,9H,1-2H2,(H,13,16)(H,14,15). The second kappa shape index (κ2) is 5.20. The topological polar surface area (TPSA) is 70.2 Å². The second-order valence-electron chi connectivity index (χ2n) is 3.04. The molecule has 0 bridgehead atoms. The molecule has 0 amide bonds. The molecule has 2 N–H and O–H groups in total. The molecule has 1 aromatic heterocycles. The zero-order valence-electron chi connectivity index (χ0n) is 7.97. The number of aromatic nitrogens is 1. The number of rotatable bonds is 4. The number of carboxylic acids is 1. The molecular formula is C9H8BrF2NO3. The van der Waals surface area contributed by atoms with E-state index in [0.717, 1.165) is 6.20 Å². The van der Waals surface area contributed by atoms with Gasteiger partial charge in [0.15, 0.2) is 5.43 Å². The molecule has 0 aliphatic rings. The van der Waals surface area contributed by atoms with Gasteiger partial charge in [-0.2, -0.15) is 0 Å². The number of carboxylic acid groups (broad SMARTS) is 1. The molecule has 0 aromatic carbocycles. The van der Waals surface area contributed by atoms with Gasteiger partial charge in [-0.25, -0.2) is 8.78 Å². The fraction of sp³-hybridized carbons (Fsp3) is 0.333. The van der Waals surface area contributed by atoms with E-state index in [2.05, 4.69) is 20.9 Å². The Labute approximate surface area is 97.4 Å². The van der Waals surface area contributed by atoms with Gasteiger partial charge in [0.05, 0.1) is 12.0 Å². The van der Waals surface area contributed by atoms with E-state index in [1.54, 1.807) is 0 Å². The molecule has 0 atom stereocenters. The van der Waals surface area contributed by atoms with E-state index in [1.807, 2.05) is 0 Å². The Morgan fingerprint density at radius 3 is 2.62 bits per heavy atom. The molecular weight excluding hydrogens is 288 g/mol. The van der Waals surface area contributed by atoms with E-state index in [1.165, 1.54) is 0 Å². The molecule has 1 heterocycles. The SMILES string of the molecule is O=C(O)Cc1c[nH]c(CBr)c(C(F)F)c1=O. The third-order valence-corrected chi connectivity index (χ3v) is 2.54. The number of alkyl halides is 3. The van der Waals surface area contributed by atoms with Crippen molar-refractivity contribution < 1.29 is 18.7 Å². The van der Waals surface area contributed by atoms with Crippen LogP contribution < -0.4 is 5.43 Å². The number of aromatic amines is 1. The summed E-state index contributed by atoms with van der Waals surface area (Å²) in [5, 5.41) is 8.58. The highest BCUT2D eigenvalue weighted by Gasteiger charge is 2.20. The van der Waals surface area contributed by atoms with Crippen LogP contribution >= 0.6 is 15.9 Å². The minimum atomic E-state index is -2.93. The quantitative estimate of drug-likeness (QED) is 0.833. The van der Waals surface area contributed by atoms with Crippen LogP contribution in [0.25, 0.3) is 0 Å². The van der Waals surface area contributed by atoms with Crippen LogP contribution in [0, 0.1) is 0 Å². The largest absolute Gasteiger partial charge is 0.481 e. The van der Waals surface area contributed by atoms with Crippen molar-refractivity contribution in [2.75, 3.05) is 0 Å². The Hall–Kier alpha value is -1.24. The summed E-state index contributed by atoms with van der Waals surface area (Å²) in [4.78, 5) is 24.4. The van der Waals surface area contributed by atoms with Crippen LogP contribution in [0.2, 0.25) is 0 Å². The maximum Gasteiger partial charge on any atom is 0.308 e. The number of halogens is 3. The van der Waals surface area contributed by atoms with Crippen LogP contribution in [0.15, 0.2) is 11.0 Å². The third-order valence-electron chi connectivity index (χ3n) is 1.98. The number of hydrogen-bond donors (Lipinski definition) is 2. The lowest BCUT2D eigenvalue weighted by atomic mass is 10.1. The molecule has 0 aliphatic carbocycles. The lowest BCUT2D eigenvalue weighted by Crippen LogP contribution is -2.20. The molecule has 1 rings (SSSR count). The lowest BCUT2D eigenvalue weighted by Gasteiger charge is -2.07. The van der Waals surface area contributed by atoms with Crippen molar-refractivity contribution in [1.82, 2.24) is 4.98 Å². The highest BCUT2D eigenvalue weighted by molar-refractivity contribution is 9.08. The van der Waals surface area contributed by atoms with Crippen LogP contribution in [0.3, 0.4) is 0 Å². The number of pyridine rings is 1. The van der Waals surface area contributed by atoms with Crippen molar-refractivity contribution in [2.24, 2.45) is 0 Å². The van der Waals surface area contributed by atoms with Gasteiger partial charge in [0.25, 0.3) is 6.43 Å². The summed E-state index contributed by atoms with van der Waals surface area (Å²) in [5.41, 5.74) is -1.69. The molecule has 1 aromatic rings. The molecule has 0 spiro atoms. The first kappa shape index (κ1) is 12.8. The van der Waals surface area contributed by atoms with Gasteiger partial charge >= 0.3 is 5.97 Å². The number of nitrogens with one attached hydrogen (secondary N) is 1. The maximum absolute atomic E-state index is 12.6. The minimum Gasteiger partial charge on any atom is -0.481 e. The lowest BCUT2D eigenvalue weighted by molar-refractivity contribution is -0.136. The van der Waals surface area contributed by atoms with E-state index in [-0.39, 0.29) is 16.6 Å². The van der Waals surface area contributed by atoms with Crippen molar-refractivity contribution >= 4 is 21.9 Å². The predicted molar refractivity (Wildman–Crippen MR) is 56.0 cm³/mol. The highest BCUT2D eigenvalue weighted by atomic mass is 79.9. The molecule has 88 valence electrons. The van der Waals surface area contributed by atoms with Crippen molar-refractivity contribution in [2.45, 2.75) is 18.2 Å². The van der Waals surface area contributed by atoms with Crippen molar-refractivity contribution in [3.63, 3.8) is 0 Å². The first-order chi connectivity index (χ1) is 7.47. The highest BCUT2D eigenvalue weighted by Crippen LogP contribution is 2.20. The molecule has 4 nitrogen and oxygen atoms in total. The van der Waals surface area contributed by atoms with Crippen molar-refractivity contribution in [1.29, 1.82) is 0 Å². The molecule has 16 heavy (non-hydrogen) atoms. The number of H-pyrrole nitrogens is 1. The predicted octanol–water partition coefficient (Wildman–Crippen LogP) is 1.83. The molecule has 0 radical (unpaired) electrons. The number of hydrogen-bond acceptors (Lipinski definition) is 2. The summed E-state index contributed by atoms with van der Waals surface area (Å²) >= 11 is 2.97. The second-order valence-corrected chi connectivity index (χ2v) is 3.60. The first-order valence-corrected chi connectivity index (χ1v) is 5.38. The monoisotopic (exact) mass is 295 g/mol. The van der Waals surface area contributed by atoms with Crippen LogP contribution in [0.4, 0.5) is 8.78 Å². The van der Waals surface area contributed by atoms with Crippen molar-refractivity contribution in [3.05, 3.63) is 33.2 Å². The van der Waals surface area contributed by atoms with E-state index < -0.39 is 29.8 Å². The molecule has 0 unspecified atom stereocenters. The minimum absolute atomic E-state index is 0.0640. The Morgan fingerprint density at radius 1 is 1.56 bits per heavy atom. The Bertz CT molecular complexity index is 459. The van der Waals surface area contributed by atoms with Gasteiger partial charge in [0.2, 0.25) is 0 Å². The maximum atomic E-state index is 12.6. The molecule has 0 aliphatic heterocycles. The summed E-state index contributed by atoms with van der Waals surface area (Å²) < 4.78 is 25.2. The molecule has 0 saturated carbocycles. The van der Waals surface area contributed by atoms with Crippen molar-refractivity contribution in [3.8, 4) is 0 Å². The van der Waals surface area contributed by atoms with E-state index in [4.69, 9.17) is 5.11 Å². The van der Waals surface area contributed by atoms with Gasteiger partial charge in [0.1, 0.15) is 0 Å². The summed E-state index contributed by atoms with van der Waals surface area (Å²) in [7, 11) is 0. The van der Waals surface area contributed by atoms with Crippen LogP contribution in [0.5, 0.6) is 0 Å². The van der Waals surface area contributed by atoms with Gasteiger partial charge < -0.3 is 10.1 Å². The number of aliphatic carboxylic acids is 1. The third kappa shape index (κ3) is 2.66. The summed E-state index contributed by atoms with van der Waals surface area (Å²) in [6.45, 7) is 0. The fourth-order valence-electron chi connectivity index (χ4n) is 1.26. The van der Waals surface area contributed by atoms with Crippen LogP contribution in [-0.2, 0) is 16.5 Å². The first-order valence-electron chi connectivity index (χ1n) is 4.26. The molecule has 0 fully saturated rings. The van der Waals surface area contributed by atoms with E-state index >= 15 is 0 Å².